The molecular formula is C16H24N2O. The molecule has 0 bridgehead atoms. The second-order valence-corrected chi connectivity index (χ2v) is 4.03. The first kappa shape index (κ1) is 17.0. The van der Waals surface area contributed by atoms with E-state index in [-0.39, 0.29) is 5.91 Å². The number of benzene rings is 1. The van der Waals surface area contributed by atoms with Gasteiger partial charge in [-0.05, 0) is 32.0 Å². The van der Waals surface area contributed by atoms with Crippen LogP contribution >= 0.6 is 0 Å². The third-order valence-corrected chi connectivity index (χ3v) is 2.06. The Labute approximate surface area is 116 Å². The predicted molar refractivity (Wildman–Crippen MR) is 84.0 cm³/mol. The van der Waals surface area contributed by atoms with E-state index < -0.39 is 0 Å². The van der Waals surface area contributed by atoms with Crippen molar-refractivity contribution in [2.75, 3.05) is 11.1 Å². The zero-order chi connectivity index (χ0) is 14.7. The number of carbonyl (C=O) groups excluding carboxylic acids is 1. The number of nitrogens with two attached hydrogens (primary N) is 1. The first-order valence-electron chi connectivity index (χ1n) is 6.54. The second-order valence-electron chi connectivity index (χ2n) is 4.03. The zero-order valence-corrected chi connectivity index (χ0v) is 12.2. The molecule has 1 amide bonds. The number of amides is 1. The quantitative estimate of drug-likeness (QED) is 0.487. The van der Waals surface area contributed by atoms with Gasteiger partial charge in [-0.1, -0.05) is 44.6 Å². The van der Waals surface area contributed by atoms with Gasteiger partial charge >= 0.3 is 0 Å². The summed E-state index contributed by atoms with van der Waals surface area (Å²) in [4.78, 5) is 11.8. The van der Waals surface area contributed by atoms with Gasteiger partial charge in [0.1, 0.15) is 0 Å². The van der Waals surface area contributed by atoms with Gasteiger partial charge in [-0.2, -0.15) is 0 Å². The summed E-state index contributed by atoms with van der Waals surface area (Å²) in [6.07, 6.45) is 6.61. The van der Waals surface area contributed by atoms with Crippen LogP contribution in [0.15, 0.2) is 48.1 Å². The second kappa shape index (κ2) is 9.95. The lowest BCUT2D eigenvalue weighted by atomic mass is 10.2. The lowest BCUT2D eigenvalue weighted by molar-refractivity contribution is -0.112. The highest BCUT2D eigenvalue weighted by Crippen LogP contribution is 2.13. The van der Waals surface area contributed by atoms with E-state index in [4.69, 9.17) is 5.73 Å². The summed E-state index contributed by atoms with van der Waals surface area (Å²) < 4.78 is 0. The molecule has 3 nitrogen and oxygen atoms in total. The van der Waals surface area contributed by atoms with Crippen LogP contribution in [-0.4, -0.2) is 5.91 Å². The minimum absolute atomic E-state index is 0.133. The van der Waals surface area contributed by atoms with Crippen LogP contribution in [-0.2, 0) is 4.79 Å². The molecule has 3 heteroatoms. The molecule has 1 rings (SSSR count). The summed E-state index contributed by atoms with van der Waals surface area (Å²) in [5, 5.41) is 2.78. The van der Waals surface area contributed by atoms with Crippen LogP contribution in [0.5, 0.6) is 0 Å². The van der Waals surface area contributed by atoms with E-state index >= 15 is 0 Å². The fourth-order valence-electron chi connectivity index (χ4n) is 1.30. The molecule has 19 heavy (non-hydrogen) atoms. The third kappa shape index (κ3) is 7.09. The van der Waals surface area contributed by atoms with Crippen molar-refractivity contribution in [3.05, 3.63) is 48.1 Å². The van der Waals surface area contributed by atoms with E-state index in [1.165, 1.54) is 6.42 Å². The summed E-state index contributed by atoms with van der Waals surface area (Å²) in [6, 6.07) is 7.10. The molecule has 0 spiro atoms. The van der Waals surface area contributed by atoms with Gasteiger partial charge in [0.2, 0.25) is 0 Å². The standard InChI is InChI=1S/C13H16N2O.C3H8/c1-3-6-10(4-2)13(16)15-12-8-5-7-11(14)9-12;1-3-2/h3-9H,14H2,1-2H3,(H,15,16);3H2,1-2H3/b6-3-,10-4+;. The van der Waals surface area contributed by atoms with Gasteiger partial charge in [-0.3, -0.25) is 4.79 Å². The molecule has 0 saturated heterocycles. The molecule has 0 aliphatic rings. The van der Waals surface area contributed by atoms with Gasteiger partial charge in [-0.15, -0.1) is 0 Å². The maximum Gasteiger partial charge on any atom is 0.255 e. The third-order valence-electron chi connectivity index (χ3n) is 2.06. The number of hydrogen-bond acceptors (Lipinski definition) is 2. The molecule has 3 N–H and O–H groups in total. The minimum Gasteiger partial charge on any atom is -0.399 e. The van der Waals surface area contributed by atoms with Gasteiger partial charge in [0.25, 0.3) is 5.91 Å². The Hall–Kier alpha value is -2.03. The van der Waals surface area contributed by atoms with E-state index in [2.05, 4.69) is 19.2 Å². The molecule has 0 saturated carbocycles. The van der Waals surface area contributed by atoms with E-state index in [0.717, 1.165) is 0 Å². The van der Waals surface area contributed by atoms with Gasteiger partial charge in [0, 0.05) is 16.9 Å². The van der Waals surface area contributed by atoms with Crippen molar-refractivity contribution < 1.29 is 4.79 Å². The fourth-order valence-corrected chi connectivity index (χ4v) is 1.30. The topological polar surface area (TPSA) is 55.1 Å². The van der Waals surface area contributed by atoms with Crippen molar-refractivity contribution in [3.63, 3.8) is 0 Å². The smallest absolute Gasteiger partial charge is 0.255 e. The van der Waals surface area contributed by atoms with Crippen molar-refractivity contribution in [2.45, 2.75) is 34.1 Å². The monoisotopic (exact) mass is 260 g/mol. The number of carbonyl (C=O) groups is 1. The van der Waals surface area contributed by atoms with Gasteiger partial charge in [-0.25, -0.2) is 0 Å². The molecule has 0 aliphatic carbocycles. The zero-order valence-electron chi connectivity index (χ0n) is 12.2. The number of allylic oxidation sites excluding steroid dienone is 2. The molecule has 0 heterocycles. The Morgan fingerprint density at radius 2 is 1.95 bits per heavy atom. The van der Waals surface area contributed by atoms with E-state index in [9.17, 15) is 4.79 Å². The van der Waals surface area contributed by atoms with Crippen molar-refractivity contribution in [1.82, 2.24) is 0 Å². The molecule has 1 aromatic carbocycles. The Bertz CT molecular complexity index is 448. The number of hydrogen-bond donors (Lipinski definition) is 2. The highest BCUT2D eigenvalue weighted by atomic mass is 16.1. The molecule has 0 atom stereocenters. The number of nitrogens with one attached hydrogen (secondary N) is 1. The summed E-state index contributed by atoms with van der Waals surface area (Å²) in [7, 11) is 0. The molecular weight excluding hydrogens is 236 g/mol. The average Bonchev–Trinajstić information content (AvgIpc) is 2.36. The van der Waals surface area contributed by atoms with E-state index in [1.54, 1.807) is 36.4 Å². The van der Waals surface area contributed by atoms with Gasteiger partial charge in [0.15, 0.2) is 0 Å². The van der Waals surface area contributed by atoms with Crippen molar-refractivity contribution in [1.29, 1.82) is 0 Å². The van der Waals surface area contributed by atoms with Crippen LogP contribution < -0.4 is 11.1 Å². The predicted octanol–water partition coefficient (Wildman–Crippen LogP) is 4.15. The molecule has 0 aromatic heterocycles. The molecule has 0 fully saturated rings. The van der Waals surface area contributed by atoms with Gasteiger partial charge < -0.3 is 11.1 Å². The highest BCUT2D eigenvalue weighted by Gasteiger charge is 2.05. The van der Waals surface area contributed by atoms with E-state index in [0.29, 0.717) is 16.9 Å². The fraction of sp³-hybridized carbons (Fsp3) is 0.312. The van der Waals surface area contributed by atoms with Crippen LogP contribution in [0.2, 0.25) is 0 Å². The van der Waals surface area contributed by atoms with Crippen LogP contribution in [0.3, 0.4) is 0 Å². The van der Waals surface area contributed by atoms with Crippen molar-refractivity contribution in [3.8, 4) is 0 Å². The molecule has 1 aromatic rings. The summed E-state index contributed by atoms with van der Waals surface area (Å²) in [5.41, 5.74) is 7.58. The lowest BCUT2D eigenvalue weighted by Gasteiger charge is -2.06. The molecule has 104 valence electrons. The largest absolute Gasteiger partial charge is 0.399 e. The lowest BCUT2D eigenvalue weighted by Crippen LogP contribution is -2.13. The Morgan fingerprint density at radius 3 is 2.42 bits per heavy atom. The maximum absolute atomic E-state index is 11.8. The number of anilines is 2. The summed E-state index contributed by atoms with van der Waals surface area (Å²) in [6.45, 7) is 7.95. The normalized spacial score (nSPS) is 10.8. The van der Waals surface area contributed by atoms with Crippen LogP contribution in [0.4, 0.5) is 11.4 Å². The average molecular weight is 260 g/mol. The Morgan fingerprint density at radius 1 is 1.32 bits per heavy atom. The SMILES string of the molecule is C/C=C\C(=C/C)C(=O)Nc1cccc(N)c1.CCC. The van der Waals surface area contributed by atoms with Crippen LogP contribution in [0.1, 0.15) is 34.1 Å². The minimum atomic E-state index is -0.133. The van der Waals surface area contributed by atoms with Crippen molar-refractivity contribution >= 4 is 17.3 Å². The first-order valence-corrected chi connectivity index (χ1v) is 6.54. The highest BCUT2D eigenvalue weighted by molar-refractivity contribution is 6.05. The molecule has 0 unspecified atom stereocenters. The number of nitrogen functional groups attached to an aromatic ring is 1. The summed E-state index contributed by atoms with van der Waals surface area (Å²) in [5.74, 6) is -0.133. The molecule has 0 aliphatic heterocycles. The number of rotatable bonds is 3. The maximum atomic E-state index is 11.8. The van der Waals surface area contributed by atoms with Gasteiger partial charge in [0.05, 0.1) is 0 Å². The van der Waals surface area contributed by atoms with E-state index in [1.807, 2.05) is 19.9 Å². The van der Waals surface area contributed by atoms with Crippen molar-refractivity contribution in [2.24, 2.45) is 0 Å². The van der Waals surface area contributed by atoms with Crippen LogP contribution in [0, 0.1) is 0 Å². The van der Waals surface area contributed by atoms with Crippen LogP contribution in [0.25, 0.3) is 0 Å². The Kier molecular flexibility index (Phi) is 8.88. The first-order chi connectivity index (χ1) is 9.08. The Balaban J connectivity index is 0.000000982. The summed E-state index contributed by atoms with van der Waals surface area (Å²) >= 11 is 0. The molecule has 0 radical (unpaired) electrons.